The van der Waals surface area contributed by atoms with E-state index in [9.17, 15) is 5.11 Å². The van der Waals surface area contributed by atoms with Gasteiger partial charge in [0.2, 0.25) is 17.8 Å². The highest BCUT2D eigenvalue weighted by Crippen LogP contribution is 2.22. The van der Waals surface area contributed by atoms with Crippen molar-refractivity contribution in [3.05, 3.63) is 30.1 Å². The standard InChI is InChI=1S/C19H29N7O/c1-3-26(4-2)19-24-17(21-13-14-6-5-11-20-12-14)23-18(25-19)22-15-7-9-16(27)10-8-15/h5-6,11-12,15-16,27H,3-4,7-10,13H2,1-2H3,(H2,21,22,23,24,25). The summed E-state index contributed by atoms with van der Waals surface area (Å²) in [6.07, 6.45) is 6.89. The predicted molar refractivity (Wildman–Crippen MR) is 107 cm³/mol. The molecule has 0 spiro atoms. The molecular weight excluding hydrogens is 342 g/mol. The molecule has 0 bridgehead atoms. The summed E-state index contributed by atoms with van der Waals surface area (Å²) < 4.78 is 0. The Bertz CT molecular complexity index is 700. The molecule has 0 atom stereocenters. The number of aliphatic hydroxyl groups is 1. The van der Waals surface area contributed by atoms with Gasteiger partial charge in [-0.3, -0.25) is 4.98 Å². The van der Waals surface area contributed by atoms with E-state index in [1.807, 2.05) is 18.3 Å². The van der Waals surface area contributed by atoms with Gasteiger partial charge in [-0.15, -0.1) is 0 Å². The van der Waals surface area contributed by atoms with Crippen LogP contribution >= 0.6 is 0 Å². The Morgan fingerprint density at radius 2 is 1.81 bits per heavy atom. The number of hydrogen-bond donors (Lipinski definition) is 3. The molecule has 1 fully saturated rings. The molecule has 0 aliphatic heterocycles. The van der Waals surface area contributed by atoms with Gasteiger partial charge in [0.1, 0.15) is 0 Å². The first-order valence-electron chi connectivity index (χ1n) is 9.76. The van der Waals surface area contributed by atoms with E-state index in [4.69, 9.17) is 0 Å². The smallest absolute Gasteiger partial charge is 0.231 e. The number of anilines is 3. The monoisotopic (exact) mass is 371 g/mol. The molecule has 0 amide bonds. The molecule has 1 aliphatic rings. The van der Waals surface area contributed by atoms with Crippen molar-refractivity contribution in [2.75, 3.05) is 28.6 Å². The van der Waals surface area contributed by atoms with Crippen molar-refractivity contribution < 1.29 is 5.11 Å². The summed E-state index contributed by atoms with van der Waals surface area (Å²) in [5.41, 5.74) is 1.07. The van der Waals surface area contributed by atoms with E-state index in [2.05, 4.69) is 49.3 Å². The summed E-state index contributed by atoms with van der Waals surface area (Å²) >= 11 is 0. The van der Waals surface area contributed by atoms with Gasteiger partial charge in [-0.25, -0.2) is 0 Å². The number of rotatable bonds is 8. The minimum Gasteiger partial charge on any atom is -0.393 e. The van der Waals surface area contributed by atoms with Gasteiger partial charge >= 0.3 is 0 Å². The predicted octanol–water partition coefficient (Wildman–Crippen LogP) is 2.44. The number of hydrogen-bond acceptors (Lipinski definition) is 8. The molecule has 0 radical (unpaired) electrons. The number of aliphatic hydroxyl groups excluding tert-OH is 1. The highest BCUT2D eigenvalue weighted by atomic mass is 16.3. The summed E-state index contributed by atoms with van der Waals surface area (Å²) in [6, 6.07) is 4.21. The summed E-state index contributed by atoms with van der Waals surface area (Å²) in [6.45, 7) is 6.44. The second kappa shape index (κ2) is 9.45. The van der Waals surface area contributed by atoms with Crippen LogP contribution in [0.4, 0.5) is 17.8 Å². The Balaban J connectivity index is 1.75. The Labute approximate surface area is 160 Å². The van der Waals surface area contributed by atoms with Gasteiger partial charge in [-0.2, -0.15) is 15.0 Å². The Kier molecular flexibility index (Phi) is 6.75. The molecule has 146 valence electrons. The van der Waals surface area contributed by atoms with E-state index in [-0.39, 0.29) is 12.1 Å². The zero-order chi connectivity index (χ0) is 19.1. The quantitative estimate of drug-likeness (QED) is 0.651. The average molecular weight is 371 g/mol. The van der Waals surface area contributed by atoms with Crippen molar-refractivity contribution in [1.29, 1.82) is 0 Å². The van der Waals surface area contributed by atoms with Gasteiger partial charge in [-0.1, -0.05) is 6.07 Å². The van der Waals surface area contributed by atoms with Crippen molar-refractivity contribution in [2.24, 2.45) is 0 Å². The summed E-state index contributed by atoms with van der Waals surface area (Å²) in [4.78, 5) is 20.0. The van der Waals surface area contributed by atoms with E-state index in [1.54, 1.807) is 6.20 Å². The van der Waals surface area contributed by atoms with E-state index < -0.39 is 0 Å². The average Bonchev–Trinajstić information content (AvgIpc) is 2.70. The molecule has 0 saturated heterocycles. The van der Waals surface area contributed by atoms with Crippen LogP contribution in [0.2, 0.25) is 0 Å². The third-order valence-electron chi connectivity index (χ3n) is 4.87. The lowest BCUT2D eigenvalue weighted by Crippen LogP contribution is -2.30. The Hall–Kier alpha value is -2.48. The van der Waals surface area contributed by atoms with Gasteiger partial charge in [0.05, 0.1) is 6.10 Å². The lowest BCUT2D eigenvalue weighted by Gasteiger charge is -2.27. The van der Waals surface area contributed by atoms with Gasteiger partial charge in [0.15, 0.2) is 0 Å². The van der Waals surface area contributed by atoms with Crippen LogP contribution < -0.4 is 15.5 Å². The first-order valence-corrected chi connectivity index (χ1v) is 9.76. The summed E-state index contributed by atoms with van der Waals surface area (Å²) in [7, 11) is 0. The second-order valence-corrected chi connectivity index (χ2v) is 6.82. The first-order chi connectivity index (χ1) is 13.2. The van der Waals surface area contributed by atoms with Gasteiger partial charge in [0, 0.05) is 38.1 Å². The summed E-state index contributed by atoms with van der Waals surface area (Å²) in [5, 5.41) is 16.4. The lowest BCUT2D eigenvalue weighted by molar-refractivity contribution is 0.126. The second-order valence-electron chi connectivity index (χ2n) is 6.82. The molecule has 2 heterocycles. The number of nitrogens with one attached hydrogen (secondary N) is 2. The zero-order valence-electron chi connectivity index (χ0n) is 16.1. The fraction of sp³-hybridized carbons (Fsp3) is 0.579. The third kappa shape index (κ3) is 5.50. The van der Waals surface area contributed by atoms with Crippen LogP contribution in [0.25, 0.3) is 0 Å². The molecule has 2 aromatic heterocycles. The van der Waals surface area contributed by atoms with Gasteiger partial charge in [-0.05, 0) is 51.2 Å². The maximum atomic E-state index is 9.71. The molecule has 27 heavy (non-hydrogen) atoms. The van der Waals surface area contributed by atoms with E-state index in [0.29, 0.717) is 24.4 Å². The van der Waals surface area contributed by atoms with Crippen molar-refractivity contribution in [3.8, 4) is 0 Å². The van der Waals surface area contributed by atoms with E-state index in [1.165, 1.54) is 0 Å². The van der Waals surface area contributed by atoms with Crippen molar-refractivity contribution in [3.63, 3.8) is 0 Å². The minimum absolute atomic E-state index is 0.177. The van der Waals surface area contributed by atoms with E-state index >= 15 is 0 Å². The van der Waals surface area contributed by atoms with Crippen LogP contribution in [0.5, 0.6) is 0 Å². The number of nitrogens with zero attached hydrogens (tertiary/aromatic N) is 5. The molecule has 1 saturated carbocycles. The SMILES string of the molecule is CCN(CC)c1nc(NCc2cccnc2)nc(NC2CCC(O)CC2)n1. The highest BCUT2D eigenvalue weighted by molar-refractivity contribution is 5.44. The van der Waals surface area contributed by atoms with Crippen LogP contribution in [0.1, 0.15) is 45.1 Å². The molecule has 1 aliphatic carbocycles. The Morgan fingerprint density at radius 1 is 1.07 bits per heavy atom. The van der Waals surface area contributed by atoms with Gasteiger partial charge in [0.25, 0.3) is 0 Å². The van der Waals surface area contributed by atoms with Crippen LogP contribution in [0.3, 0.4) is 0 Å². The van der Waals surface area contributed by atoms with Crippen molar-refractivity contribution >= 4 is 17.8 Å². The molecule has 2 aromatic rings. The van der Waals surface area contributed by atoms with Crippen LogP contribution in [-0.2, 0) is 6.54 Å². The Morgan fingerprint density at radius 3 is 2.48 bits per heavy atom. The molecule has 0 unspecified atom stereocenters. The highest BCUT2D eigenvalue weighted by Gasteiger charge is 2.21. The number of aromatic nitrogens is 4. The molecule has 3 rings (SSSR count). The third-order valence-corrected chi connectivity index (χ3v) is 4.87. The first kappa shape index (κ1) is 19.3. The molecular formula is C19H29N7O. The van der Waals surface area contributed by atoms with Gasteiger partial charge < -0.3 is 20.6 Å². The fourth-order valence-corrected chi connectivity index (χ4v) is 3.24. The topological polar surface area (TPSA) is 99.1 Å². The lowest BCUT2D eigenvalue weighted by atomic mass is 9.93. The maximum Gasteiger partial charge on any atom is 0.231 e. The van der Waals surface area contributed by atoms with E-state index in [0.717, 1.165) is 44.3 Å². The number of pyridine rings is 1. The fourth-order valence-electron chi connectivity index (χ4n) is 3.24. The molecule has 0 aromatic carbocycles. The largest absolute Gasteiger partial charge is 0.393 e. The zero-order valence-corrected chi connectivity index (χ0v) is 16.1. The minimum atomic E-state index is -0.177. The molecule has 8 nitrogen and oxygen atoms in total. The van der Waals surface area contributed by atoms with Crippen molar-refractivity contribution in [1.82, 2.24) is 19.9 Å². The molecule has 3 N–H and O–H groups in total. The van der Waals surface area contributed by atoms with Crippen LogP contribution in [-0.4, -0.2) is 50.3 Å². The van der Waals surface area contributed by atoms with Crippen LogP contribution in [0, 0.1) is 0 Å². The molecule has 8 heteroatoms. The summed E-state index contributed by atoms with van der Waals surface area (Å²) in [5.74, 6) is 1.80. The normalized spacial score (nSPS) is 19.5. The maximum absolute atomic E-state index is 9.71. The van der Waals surface area contributed by atoms with Crippen molar-refractivity contribution in [2.45, 2.75) is 58.2 Å². The van der Waals surface area contributed by atoms with Crippen LogP contribution in [0.15, 0.2) is 24.5 Å².